The Bertz CT molecular complexity index is 1530. The maximum atomic E-state index is 13.1. The fraction of sp³-hybridized carbons (Fsp3) is 0.0800. The van der Waals surface area contributed by atoms with Crippen molar-refractivity contribution in [3.05, 3.63) is 88.6 Å². The van der Waals surface area contributed by atoms with Crippen molar-refractivity contribution in [1.82, 2.24) is 25.6 Å². The van der Waals surface area contributed by atoms with Crippen molar-refractivity contribution in [2.24, 2.45) is 0 Å². The molecular formula is C25H20ClN7O2. The summed E-state index contributed by atoms with van der Waals surface area (Å²) in [6.07, 6.45) is 0.250. The van der Waals surface area contributed by atoms with E-state index in [1.165, 1.54) is 0 Å². The number of aryl methyl sites for hydroxylation is 1. The maximum absolute atomic E-state index is 13.1. The van der Waals surface area contributed by atoms with Crippen LogP contribution in [-0.4, -0.2) is 37.4 Å². The number of H-pyrrole nitrogens is 2. The molecule has 0 radical (unpaired) electrons. The molecule has 2 aromatic heterocycles. The van der Waals surface area contributed by atoms with Gasteiger partial charge in [0.1, 0.15) is 5.69 Å². The highest BCUT2D eigenvalue weighted by Crippen LogP contribution is 2.29. The van der Waals surface area contributed by atoms with Crippen LogP contribution in [0.5, 0.6) is 0 Å². The summed E-state index contributed by atoms with van der Waals surface area (Å²) in [6, 6.07) is 20.0. The standard InChI is InChI=1S/C25H20ClN7O2/c1-14-5-7-15(8-6-14)11-22(34)27-20-4-2-3-16-12-21(28-23(16)20)25(35)29-19-10-9-17(26)13-18(19)24-30-32-33-31-24/h2-10,12-13,28H,11H2,1H3,(H,27,34)(H,29,35)(H,30,31,32,33). The van der Waals surface area contributed by atoms with Crippen LogP contribution in [0, 0.1) is 6.92 Å². The Morgan fingerprint density at radius 2 is 1.80 bits per heavy atom. The number of nitrogens with zero attached hydrogens (tertiary/aromatic N) is 3. The van der Waals surface area contributed by atoms with Crippen LogP contribution in [0.25, 0.3) is 22.3 Å². The third kappa shape index (κ3) is 4.90. The number of anilines is 2. The Morgan fingerprint density at radius 1 is 0.971 bits per heavy atom. The Kier molecular flexibility index (Phi) is 5.99. The van der Waals surface area contributed by atoms with Gasteiger partial charge in [-0.05, 0) is 48.0 Å². The Labute approximate surface area is 204 Å². The number of halogens is 1. The second-order valence-electron chi connectivity index (χ2n) is 8.04. The molecule has 10 heteroatoms. The molecule has 0 unspecified atom stereocenters. The summed E-state index contributed by atoms with van der Waals surface area (Å²) in [5.74, 6) is -0.212. The van der Waals surface area contributed by atoms with Crippen molar-refractivity contribution in [2.75, 3.05) is 10.6 Å². The predicted molar refractivity (Wildman–Crippen MR) is 134 cm³/mol. The minimum Gasteiger partial charge on any atom is -0.349 e. The van der Waals surface area contributed by atoms with E-state index in [2.05, 4.69) is 36.2 Å². The van der Waals surface area contributed by atoms with E-state index in [0.29, 0.717) is 39.0 Å². The molecule has 2 heterocycles. The maximum Gasteiger partial charge on any atom is 0.272 e. The first kappa shape index (κ1) is 22.3. The van der Waals surface area contributed by atoms with Crippen LogP contribution in [0.4, 0.5) is 11.4 Å². The largest absolute Gasteiger partial charge is 0.349 e. The molecule has 0 saturated carbocycles. The fourth-order valence-electron chi connectivity index (χ4n) is 3.74. The molecule has 0 aliphatic rings. The van der Waals surface area contributed by atoms with Crippen LogP contribution in [0.2, 0.25) is 5.02 Å². The quantitative estimate of drug-likeness (QED) is 0.276. The van der Waals surface area contributed by atoms with Gasteiger partial charge in [-0.15, -0.1) is 10.2 Å². The molecule has 4 N–H and O–H groups in total. The molecule has 174 valence electrons. The molecule has 0 spiro atoms. The highest BCUT2D eigenvalue weighted by atomic mass is 35.5. The summed E-state index contributed by atoms with van der Waals surface area (Å²) < 4.78 is 0. The van der Waals surface area contributed by atoms with Gasteiger partial charge in [-0.3, -0.25) is 9.59 Å². The van der Waals surface area contributed by atoms with Gasteiger partial charge in [-0.2, -0.15) is 5.21 Å². The van der Waals surface area contributed by atoms with Crippen molar-refractivity contribution in [1.29, 1.82) is 0 Å². The van der Waals surface area contributed by atoms with E-state index < -0.39 is 0 Å². The lowest BCUT2D eigenvalue weighted by molar-refractivity contribution is -0.115. The van der Waals surface area contributed by atoms with Crippen molar-refractivity contribution in [3.63, 3.8) is 0 Å². The molecule has 0 aliphatic carbocycles. The van der Waals surface area contributed by atoms with E-state index in [0.717, 1.165) is 16.5 Å². The number of benzene rings is 3. The third-order valence-corrected chi connectivity index (χ3v) is 5.71. The number of para-hydroxylation sites is 1. The van der Waals surface area contributed by atoms with Crippen LogP contribution >= 0.6 is 11.6 Å². The SMILES string of the molecule is Cc1ccc(CC(=O)Nc2cccc3cc(C(=O)Nc4ccc(Cl)cc4-c4nn[nH]n4)[nH]c23)cc1. The topological polar surface area (TPSA) is 128 Å². The molecule has 35 heavy (non-hydrogen) atoms. The van der Waals surface area contributed by atoms with Gasteiger partial charge in [0.05, 0.1) is 23.3 Å². The van der Waals surface area contributed by atoms with E-state index in [4.69, 9.17) is 11.6 Å². The van der Waals surface area contributed by atoms with Crippen molar-refractivity contribution >= 4 is 45.7 Å². The predicted octanol–water partition coefficient (Wildman–Crippen LogP) is 4.74. The lowest BCUT2D eigenvalue weighted by Gasteiger charge is -2.09. The smallest absolute Gasteiger partial charge is 0.272 e. The van der Waals surface area contributed by atoms with Crippen LogP contribution in [-0.2, 0) is 11.2 Å². The molecule has 0 fully saturated rings. The normalized spacial score (nSPS) is 10.9. The number of hydrogen-bond donors (Lipinski definition) is 4. The van der Waals surface area contributed by atoms with Crippen LogP contribution in [0.3, 0.4) is 0 Å². The van der Waals surface area contributed by atoms with E-state index in [1.807, 2.05) is 43.3 Å². The summed E-state index contributed by atoms with van der Waals surface area (Å²) in [5.41, 5.74) is 4.65. The van der Waals surface area contributed by atoms with Gasteiger partial charge in [0.15, 0.2) is 0 Å². The highest BCUT2D eigenvalue weighted by molar-refractivity contribution is 6.31. The van der Waals surface area contributed by atoms with Crippen molar-refractivity contribution in [3.8, 4) is 11.4 Å². The van der Waals surface area contributed by atoms with Gasteiger partial charge in [0.25, 0.3) is 5.91 Å². The Hall–Kier alpha value is -4.50. The van der Waals surface area contributed by atoms with E-state index in [1.54, 1.807) is 30.3 Å². The lowest BCUT2D eigenvalue weighted by Crippen LogP contribution is -2.15. The second kappa shape index (κ2) is 9.40. The van der Waals surface area contributed by atoms with Gasteiger partial charge < -0.3 is 15.6 Å². The van der Waals surface area contributed by atoms with Gasteiger partial charge in [0.2, 0.25) is 11.7 Å². The average molecular weight is 486 g/mol. The molecule has 2 amide bonds. The van der Waals surface area contributed by atoms with Crippen LogP contribution in [0.15, 0.2) is 66.7 Å². The number of carbonyl (C=O) groups excluding carboxylic acids is 2. The molecule has 0 aliphatic heterocycles. The number of fused-ring (bicyclic) bond motifs is 1. The molecule has 5 rings (SSSR count). The summed E-state index contributed by atoms with van der Waals surface area (Å²) in [4.78, 5) is 28.8. The Morgan fingerprint density at radius 3 is 2.57 bits per heavy atom. The van der Waals surface area contributed by atoms with Crippen molar-refractivity contribution in [2.45, 2.75) is 13.3 Å². The van der Waals surface area contributed by atoms with Gasteiger partial charge in [0, 0.05) is 16.0 Å². The fourth-order valence-corrected chi connectivity index (χ4v) is 3.92. The number of tetrazole rings is 1. The monoisotopic (exact) mass is 485 g/mol. The second-order valence-corrected chi connectivity index (χ2v) is 8.48. The summed E-state index contributed by atoms with van der Waals surface area (Å²) >= 11 is 6.12. The van der Waals surface area contributed by atoms with Gasteiger partial charge >= 0.3 is 0 Å². The number of aromatic nitrogens is 5. The van der Waals surface area contributed by atoms with E-state index >= 15 is 0 Å². The minimum absolute atomic E-state index is 0.145. The number of aromatic amines is 2. The molecular weight excluding hydrogens is 466 g/mol. The lowest BCUT2D eigenvalue weighted by atomic mass is 10.1. The highest BCUT2D eigenvalue weighted by Gasteiger charge is 2.17. The first-order valence-electron chi connectivity index (χ1n) is 10.8. The zero-order chi connectivity index (χ0) is 24.4. The third-order valence-electron chi connectivity index (χ3n) is 5.48. The molecule has 0 bridgehead atoms. The number of nitrogens with one attached hydrogen (secondary N) is 4. The number of carbonyl (C=O) groups is 2. The van der Waals surface area contributed by atoms with E-state index in [-0.39, 0.29) is 18.2 Å². The zero-order valence-electron chi connectivity index (χ0n) is 18.6. The minimum atomic E-state index is -0.370. The molecule has 5 aromatic rings. The van der Waals surface area contributed by atoms with E-state index in [9.17, 15) is 9.59 Å². The summed E-state index contributed by atoms with van der Waals surface area (Å²) in [6.45, 7) is 2.00. The first-order chi connectivity index (χ1) is 17.0. The van der Waals surface area contributed by atoms with Crippen LogP contribution in [0.1, 0.15) is 21.6 Å². The average Bonchev–Trinajstić information content (AvgIpc) is 3.52. The van der Waals surface area contributed by atoms with Crippen LogP contribution < -0.4 is 10.6 Å². The zero-order valence-corrected chi connectivity index (χ0v) is 19.3. The molecule has 3 aromatic carbocycles. The number of amides is 2. The molecule has 0 saturated heterocycles. The Balaban J connectivity index is 1.37. The first-order valence-corrected chi connectivity index (χ1v) is 11.2. The molecule has 0 atom stereocenters. The van der Waals surface area contributed by atoms with Crippen molar-refractivity contribution < 1.29 is 9.59 Å². The number of hydrogen-bond acceptors (Lipinski definition) is 5. The van der Waals surface area contributed by atoms with Gasteiger partial charge in [-0.25, -0.2) is 0 Å². The molecule has 9 nitrogen and oxygen atoms in total. The summed E-state index contributed by atoms with van der Waals surface area (Å²) in [5, 5.41) is 21.0. The van der Waals surface area contributed by atoms with Gasteiger partial charge in [-0.1, -0.05) is 53.6 Å². The summed E-state index contributed by atoms with van der Waals surface area (Å²) in [7, 11) is 0. The number of rotatable bonds is 6.